The summed E-state index contributed by atoms with van der Waals surface area (Å²) in [5, 5.41) is 2.42. The molecular formula is C25H25F. The largest absolute Gasteiger partial charge is 0.207 e. The van der Waals surface area contributed by atoms with Crippen LogP contribution >= 0.6 is 0 Å². The fourth-order valence-electron chi connectivity index (χ4n) is 3.20. The van der Waals surface area contributed by atoms with E-state index in [1.54, 1.807) is 12.1 Å². The average Bonchev–Trinajstić information content (AvgIpc) is 2.67. The molecule has 0 unspecified atom stereocenters. The Kier molecular flexibility index (Phi) is 6.45. The van der Waals surface area contributed by atoms with Crippen molar-refractivity contribution in [2.45, 2.75) is 45.4 Å². The van der Waals surface area contributed by atoms with Gasteiger partial charge in [0.1, 0.15) is 5.82 Å². The minimum atomic E-state index is -0.233. The van der Waals surface area contributed by atoms with Crippen LogP contribution in [0.1, 0.15) is 55.7 Å². The Hall–Kier alpha value is -2.59. The summed E-state index contributed by atoms with van der Waals surface area (Å²) < 4.78 is 13.0. The van der Waals surface area contributed by atoms with E-state index in [9.17, 15) is 4.39 Å². The lowest BCUT2D eigenvalue weighted by atomic mass is 9.99. The Morgan fingerprint density at radius 1 is 0.808 bits per heavy atom. The average molecular weight is 344 g/mol. The second-order valence-electron chi connectivity index (χ2n) is 6.78. The zero-order valence-corrected chi connectivity index (χ0v) is 15.4. The maximum atomic E-state index is 13.0. The minimum absolute atomic E-state index is 0.233. The number of hydrogen-bond acceptors (Lipinski definition) is 0. The highest BCUT2D eigenvalue weighted by Gasteiger charge is 2.01. The van der Waals surface area contributed by atoms with Crippen molar-refractivity contribution in [3.63, 3.8) is 0 Å². The van der Waals surface area contributed by atoms with E-state index in [0.717, 1.165) is 17.5 Å². The molecule has 132 valence electrons. The Balaban J connectivity index is 1.75. The lowest BCUT2D eigenvalue weighted by Crippen LogP contribution is -1.88. The Morgan fingerprint density at radius 3 is 2.42 bits per heavy atom. The molecule has 0 saturated carbocycles. The molecule has 1 heteroatoms. The number of rotatable bonds is 6. The van der Waals surface area contributed by atoms with E-state index in [1.165, 1.54) is 60.6 Å². The summed E-state index contributed by atoms with van der Waals surface area (Å²) in [7, 11) is 0. The van der Waals surface area contributed by atoms with Crippen LogP contribution in [0.25, 0.3) is 10.8 Å². The predicted octanol–water partition coefficient (Wildman–Crippen LogP) is 6.89. The van der Waals surface area contributed by atoms with Crippen LogP contribution in [-0.4, -0.2) is 0 Å². The SMILES string of the molecule is CCCCCCCc1ccc2c(C#Cc3ccc(F)cc3)cccc2c1. The van der Waals surface area contributed by atoms with Crippen LogP contribution in [0.3, 0.4) is 0 Å². The van der Waals surface area contributed by atoms with E-state index >= 15 is 0 Å². The third-order valence-electron chi connectivity index (χ3n) is 4.70. The zero-order valence-electron chi connectivity index (χ0n) is 15.4. The second kappa shape index (κ2) is 9.20. The van der Waals surface area contributed by atoms with Gasteiger partial charge in [0.2, 0.25) is 0 Å². The molecule has 0 aromatic heterocycles. The first-order valence-electron chi connectivity index (χ1n) is 9.55. The number of halogens is 1. The van der Waals surface area contributed by atoms with Crippen molar-refractivity contribution in [3.05, 3.63) is 83.2 Å². The summed E-state index contributed by atoms with van der Waals surface area (Å²) >= 11 is 0. The van der Waals surface area contributed by atoms with Gasteiger partial charge in [-0.05, 0) is 59.5 Å². The number of unbranched alkanes of at least 4 members (excludes halogenated alkanes) is 4. The summed E-state index contributed by atoms with van der Waals surface area (Å²) in [5.74, 6) is 6.14. The molecule has 0 spiro atoms. The predicted molar refractivity (Wildman–Crippen MR) is 109 cm³/mol. The summed E-state index contributed by atoms with van der Waals surface area (Å²) in [5.41, 5.74) is 3.24. The monoisotopic (exact) mass is 344 g/mol. The smallest absolute Gasteiger partial charge is 0.123 e. The van der Waals surface area contributed by atoms with Crippen molar-refractivity contribution in [1.82, 2.24) is 0 Å². The molecule has 0 saturated heterocycles. The van der Waals surface area contributed by atoms with Crippen LogP contribution in [0, 0.1) is 17.7 Å². The third-order valence-corrected chi connectivity index (χ3v) is 4.70. The first-order valence-corrected chi connectivity index (χ1v) is 9.55. The summed E-state index contributed by atoms with van der Waals surface area (Å²) in [6.45, 7) is 2.25. The van der Waals surface area contributed by atoms with Crippen molar-refractivity contribution >= 4 is 10.8 Å². The van der Waals surface area contributed by atoms with Crippen LogP contribution in [0.15, 0.2) is 60.7 Å². The normalized spacial score (nSPS) is 10.5. The van der Waals surface area contributed by atoms with Crippen LogP contribution in [0.2, 0.25) is 0 Å². The molecule has 0 nitrogen and oxygen atoms in total. The lowest BCUT2D eigenvalue weighted by molar-refractivity contribution is 0.627. The van der Waals surface area contributed by atoms with E-state index in [4.69, 9.17) is 0 Å². The molecule has 3 aromatic carbocycles. The molecule has 0 aliphatic rings. The van der Waals surface area contributed by atoms with Crippen molar-refractivity contribution in [3.8, 4) is 11.8 Å². The first kappa shape index (κ1) is 18.2. The Bertz CT molecular complexity index is 910. The van der Waals surface area contributed by atoms with Crippen molar-refractivity contribution < 1.29 is 4.39 Å². The maximum absolute atomic E-state index is 13.0. The molecule has 0 radical (unpaired) electrons. The van der Waals surface area contributed by atoms with Gasteiger partial charge in [0.15, 0.2) is 0 Å². The van der Waals surface area contributed by atoms with Crippen molar-refractivity contribution in [1.29, 1.82) is 0 Å². The fraction of sp³-hybridized carbons (Fsp3) is 0.280. The lowest BCUT2D eigenvalue weighted by Gasteiger charge is -2.06. The summed E-state index contributed by atoms with van der Waals surface area (Å²) in [6, 6.07) is 19.3. The van der Waals surface area contributed by atoms with Gasteiger partial charge in [0.25, 0.3) is 0 Å². The maximum Gasteiger partial charge on any atom is 0.123 e. The first-order chi connectivity index (χ1) is 12.8. The second-order valence-corrected chi connectivity index (χ2v) is 6.78. The van der Waals surface area contributed by atoms with Crippen molar-refractivity contribution in [2.75, 3.05) is 0 Å². The molecule has 0 N–H and O–H groups in total. The summed E-state index contributed by atoms with van der Waals surface area (Å²) in [4.78, 5) is 0. The van der Waals surface area contributed by atoms with Crippen LogP contribution in [0.5, 0.6) is 0 Å². The number of aryl methyl sites for hydroxylation is 1. The highest BCUT2D eigenvalue weighted by molar-refractivity contribution is 5.88. The van der Waals surface area contributed by atoms with Gasteiger partial charge in [-0.1, -0.05) is 74.8 Å². The van der Waals surface area contributed by atoms with Gasteiger partial charge in [-0.3, -0.25) is 0 Å². The number of fused-ring (bicyclic) bond motifs is 1. The van der Waals surface area contributed by atoms with Gasteiger partial charge < -0.3 is 0 Å². The van der Waals surface area contributed by atoms with Gasteiger partial charge in [-0.25, -0.2) is 4.39 Å². The molecule has 0 heterocycles. The quantitative estimate of drug-likeness (QED) is 0.337. The van der Waals surface area contributed by atoms with Crippen LogP contribution in [0.4, 0.5) is 4.39 Å². The van der Waals surface area contributed by atoms with Gasteiger partial charge in [0, 0.05) is 11.1 Å². The molecule has 0 bridgehead atoms. The van der Waals surface area contributed by atoms with E-state index < -0.39 is 0 Å². The molecule has 3 aromatic rings. The standard InChI is InChI=1S/C25H25F/c1-2-3-4-5-6-8-21-14-18-25-22(9-7-10-23(25)19-21)15-11-20-12-16-24(26)17-13-20/h7,9-10,12-14,16-19H,2-6,8H2,1H3. The minimum Gasteiger partial charge on any atom is -0.207 e. The van der Waals surface area contributed by atoms with E-state index in [0.29, 0.717) is 0 Å². The molecule has 0 aliphatic heterocycles. The fourth-order valence-corrected chi connectivity index (χ4v) is 3.20. The van der Waals surface area contributed by atoms with Gasteiger partial charge in [0.05, 0.1) is 0 Å². The molecule has 0 aliphatic carbocycles. The third kappa shape index (κ3) is 4.96. The van der Waals surface area contributed by atoms with Crippen molar-refractivity contribution in [2.24, 2.45) is 0 Å². The molecule has 0 atom stereocenters. The Morgan fingerprint density at radius 2 is 1.62 bits per heavy atom. The highest BCUT2D eigenvalue weighted by atomic mass is 19.1. The van der Waals surface area contributed by atoms with Gasteiger partial charge in [-0.2, -0.15) is 0 Å². The van der Waals surface area contributed by atoms with E-state index in [-0.39, 0.29) is 5.82 Å². The van der Waals surface area contributed by atoms with Crippen LogP contribution in [-0.2, 0) is 6.42 Å². The molecule has 0 fully saturated rings. The number of benzene rings is 3. The Labute approximate surface area is 156 Å². The summed E-state index contributed by atoms with van der Waals surface area (Å²) in [6.07, 6.45) is 7.69. The van der Waals surface area contributed by atoms with Gasteiger partial charge >= 0.3 is 0 Å². The zero-order chi connectivity index (χ0) is 18.2. The molecule has 0 amide bonds. The van der Waals surface area contributed by atoms with Gasteiger partial charge in [-0.15, -0.1) is 0 Å². The van der Waals surface area contributed by atoms with E-state index in [2.05, 4.69) is 49.1 Å². The molecular weight excluding hydrogens is 319 g/mol. The molecule has 3 rings (SSSR count). The highest BCUT2D eigenvalue weighted by Crippen LogP contribution is 2.21. The van der Waals surface area contributed by atoms with E-state index in [1.807, 2.05) is 6.07 Å². The molecule has 26 heavy (non-hydrogen) atoms. The number of hydrogen-bond donors (Lipinski definition) is 0. The topological polar surface area (TPSA) is 0 Å². The van der Waals surface area contributed by atoms with Crippen LogP contribution < -0.4 is 0 Å².